The molecule has 0 atom stereocenters. The molecule has 0 heterocycles. The van der Waals surface area contributed by atoms with Gasteiger partial charge in [0.15, 0.2) is 0 Å². The molecule has 5 nitrogen and oxygen atoms in total. The molecule has 0 aromatic heterocycles. The molecule has 1 N–H and O–H groups in total. The fraction of sp³-hybridized carbons (Fsp3) is 0.0741. The van der Waals surface area contributed by atoms with Gasteiger partial charge in [-0.1, -0.05) is 95.6 Å². The number of benzene rings is 4. The van der Waals surface area contributed by atoms with Crippen LogP contribution in [0.3, 0.4) is 0 Å². The molecule has 0 aliphatic rings. The molecule has 0 spiro atoms. The van der Waals surface area contributed by atoms with Gasteiger partial charge in [-0.2, -0.15) is 4.31 Å². The maximum Gasteiger partial charge on any atom is 0.245 e. The monoisotopic (exact) mass is 556 g/mol. The Labute approximate surface area is 225 Å². The third-order valence-corrected chi connectivity index (χ3v) is 8.76. The molecular formula is C27H22Cl2N2O3S2. The van der Waals surface area contributed by atoms with Crippen LogP contribution in [0.15, 0.2) is 118 Å². The number of para-hydroxylation sites is 1. The topological polar surface area (TPSA) is 66.5 Å². The predicted molar refractivity (Wildman–Crippen MR) is 146 cm³/mol. The molecule has 0 bridgehead atoms. The molecule has 1 amide bonds. The summed E-state index contributed by atoms with van der Waals surface area (Å²) in [5, 5.41) is 3.13. The summed E-state index contributed by atoms with van der Waals surface area (Å²) in [5.74, 6) is -0.478. The van der Waals surface area contributed by atoms with Crippen LogP contribution in [-0.2, 0) is 21.4 Å². The van der Waals surface area contributed by atoms with Crippen molar-refractivity contribution in [2.24, 2.45) is 0 Å². The van der Waals surface area contributed by atoms with Crippen molar-refractivity contribution in [3.8, 4) is 0 Å². The van der Waals surface area contributed by atoms with Gasteiger partial charge >= 0.3 is 0 Å². The molecule has 0 unspecified atom stereocenters. The number of amides is 1. The first-order valence-electron chi connectivity index (χ1n) is 10.9. The van der Waals surface area contributed by atoms with Crippen molar-refractivity contribution in [1.82, 2.24) is 4.31 Å². The lowest BCUT2D eigenvalue weighted by Crippen LogP contribution is -2.37. The standard InChI is InChI=1S/C27H22Cl2N2O3S2/c28-21-15-16-23(29)26(17-21)36(33,34)31(18-20-9-3-1-4-10-20)19-27(32)30-24-13-7-8-14-25(24)35-22-11-5-2-6-12-22/h1-17H,18-19H2,(H,30,32). The average Bonchev–Trinajstić information content (AvgIpc) is 2.87. The summed E-state index contributed by atoms with van der Waals surface area (Å²) in [6, 6.07) is 30.4. The van der Waals surface area contributed by atoms with E-state index in [0.717, 1.165) is 19.7 Å². The number of anilines is 1. The van der Waals surface area contributed by atoms with Crippen LogP contribution < -0.4 is 5.32 Å². The average molecular weight is 558 g/mol. The van der Waals surface area contributed by atoms with E-state index >= 15 is 0 Å². The van der Waals surface area contributed by atoms with Gasteiger partial charge in [-0.15, -0.1) is 0 Å². The fourth-order valence-electron chi connectivity index (χ4n) is 3.45. The van der Waals surface area contributed by atoms with Crippen LogP contribution >= 0.6 is 35.0 Å². The third kappa shape index (κ3) is 6.69. The number of halogens is 2. The SMILES string of the molecule is O=C(CN(Cc1ccccc1)S(=O)(=O)c1cc(Cl)ccc1Cl)Nc1ccccc1Sc1ccccc1. The van der Waals surface area contributed by atoms with Crippen LogP contribution in [0.25, 0.3) is 0 Å². The third-order valence-electron chi connectivity index (χ3n) is 5.16. The number of hydrogen-bond acceptors (Lipinski definition) is 4. The van der Waals surface area contributed by atoms with E-state index in [0.29, 0.717) is 5.69 Å². The van der Waals surface area contributed by atoms with Crippen molar-refractivity contribution >= 4 is 56.6 Å². The van der Waals surface area contributed by atoms with E-state index in [9.17, 15) is 13.2 Å². The minimum Gasteiger partial charge on any atom is -0.324 e. The molecule has 0 aliphatic carbocycles. The second-order valence-corrected chi connectivity index (χ2v) is 11.7. The Morgan fingerprint density at radius 3 is 2.19 bits per heavy atom. The van der Waals surface area contributed by atoms with Crippen molar-refractivity contribution in [2.75, 3.05) is 11.9 Å². The molecule has 4 aromatic carbocycles. The van der Waals surface area contributed by atoms with Crippen LogP contribution in [0.1, 0.15) is 5.56 Å². The number of carbonyl (C=O) groups excluding carboxylic acids is 1. The lowest BCUT2D eigenvalue weighted by atomic mass is 10.2. The molecule has 0 radical (unpaired) electrons. The second kappa shape index (κ2) is 12.0. The van der Waals surface area contributed by atoms with Crippen LogP contribution in [0.5, 0.6) is 0 Å². The number of carbonyl (C=O) groups is 1. The van der Waals surface area contributed by atoms with Crippen LogP contribution in [0.4, 0.5) is 5.69 Å². The number of nitrogens with zero attached hydrogens (tertiary/aromatic N) is 1. The quantitative estimate of drug-likeness (QED) is 0.241. The molecule has 0 saturated carbocycles. The lowest BCUT2D eigenvalue weighted by Gasteiger charge is -2.23. The van der Waals surface area contributed by atoms with Gasteiger partial charge in [0.05, 0.1) is 17.3 Å². The molecule has 184 valence electrons. The summed E-state index contributed by atoms with van der Waals surface area (Å²) in [4.78, 5) is 14.9. The highest BCUT2D eigenvalue weighted by Crippen LogP contribution is 2.33. The van der Waals surface area contributed by atoms with E-state index in [4.69, 9.17) is 23.2 Å². The lowest BCUT2D eigenvalue weighted by molar-refractivity contribution is -0.116. The van der Waals surface area contributed by atoms with Gasteiger partial charge in [0.1, 0.15) is 4.90 Å². The Hall–Kier alpha value is -2.81. The number of sulfonamides is 1. The first-order chi connectivity index (χ1) is 17.3. The van der Waals surface area contributed by atoms with E-state index in [1.165, 1.54) is 30.0 Å². The minimum atomic E-state index is -4.15. The molecule has 0 saturated heterocycles. The van der Waals surface area contributed by atoms with Gasteiger partial charge in [0, 0.05) is 21.4 Å². The van der Waals surface area contributed by atoms with E-state index in [1.54, 1.807) is 18.2 Å². The zero-order valence-electron chi connectivity index (χ0n) is 19.0. The van der Waals surface area contributed by atoms with Gasteiger partial charge in [-0.25, -0.2) is 8.42 Å². The van der Waals surface area contributed by atoms with Gasteiger partial charge in [0.2, 0.25) is 15.9 Å². The van der Waals surface area contributed by atoms with E-state index < -0.39 is 22.5 Å². The fourth-order valence-corrected chi connectivity index (χ4v) is 6.50. The largest absolute Gasteiger partial charge is 0.324 e. The maximum absolute atomic E-state index is 13.6. The van der Waals surface area contributed by atoms with Gasteiger partial charge in [-0.05, 0) is 48.0 Å². The molecule has 0 aliphatic heterocycles. The van der Waals surface area contributed by atoms with Crippen LogP contribution in [0.2, 0.25) is 10.0 Å². The van der Waals surface area contributed by atoms with Crippen molar-refractivity contribution in [3.63, 3.8) is 0 Å². The number of rotatable bonds is 9. The minimum absolute atomic E-state index is 0.0140. The normalized spacial score (nSPS) is 11.4. The first-order valence-corrected chi connectivity index (χ1v) is 13.9. The number of nitrogens with one attached hydrogen (secondary N) is 1. The van der Waals surface area contributed by atoms with Gasteiger partial charge in [-0.3, -0.25) is 4.79 Å². The van der Waals surface area contributed by atoms with Crippen LogP contribution in [-0.4, -0.2) is 25.2 Å². The summed E-state index contributed by atoms with van der Waals surface area (Å²) < 4.78 is 28.3. The maximum atomic E-state index is 13.6. The summed E-state index contributed by atoms with van der Waals surface area (Å²) in [5.41, 5.74) is 1.32. The Kier molecular flexibility index (Phi) is 8.72. The summed E-state index contributed by atoms with van der Waals surface area (Å²) in [7, 11) is -4.15. The van der Waals surface area contributed by atoms with Crippen molar-refractivity contribution in [1.29, 1.82) is 0 Å². The smallest absolute Gasteiger partial charge is 0.245 e. The molecule has 0 fully saturated rings. The number of hydrogen-bond donors (Lipinski definition) is 1. The zero-order chi connectivity index (χ0) is 25.5. The predicted octanol–water partition coefficient (Wildman–Crippen LogP) is 6.97. The van der Waals surface area contributed by atoms with E-state index in [1.807, 2.05) is 66.7 Å². The zero-order valence-corrected chi connectivity index (χ0v) is 22.1. The Morgan fingerprint density at radius 1 is 0.833 bits per heavy atom. The molecule has 36 heavy (non-hydrogen) atoms. The molecule has 4 aromatic rings. The van der Waals surface area contributed by atoms with Crippen LogP contribution in [0, 0.1) is 0 Å². The Morgan fingerprint density at radius 2 is 1.47 bits per heavy atom. The first kappa shape index (κ1) is 26.3. The highest BCUT2D eigenvalue weighted by molar-refractivity contribution is 7.99. The van der Waals surface area contributed by atoms with Crippen molar-refractivity contribution in [2.45, 2.75) is 21.2 Å². The summed E-state index contributed by atoms with van der Waals surface area (Å²) >= 11 is 13.8. The van der Waals surface area contributed by atoms with Gasteiger partial charge < -0.3 is 5.32 Å². The highest BCUT2D eigenvalue weighted by atomic mass is 35.5. The summed E-state index contributed by atoms with van der Waals surface area (Å²) in [6.45, 7) is -0.426. The molecule has 4 rings (SSSR count). The molecular weight excluding hydrogens is 535 g/mol. The van der Waals surface area contributed by atoms with E-state index in [-0.39, 0.29) is 21.5 Å². The van der Waals surface area contributed by atoms with Gasteiger partial charge in [0.25, 0.3) is 0 Å². The Balaban J connectivity index is 1.60. The van der Waals surface area contributed by atoms with Crippen molar-refractivity contribution < 1.29 is 13.2 Å². The second-order valence-electron chi connectivity index (χ2n) is 7.79. The molecule has 9 heteroatoms. The highest BCUT2D eigenvalue weighted by Gasteiger charge is 2.29. The van der Waals surface area contributed by atoms with Crippen molar-refractivity contribution in [3.05, 3.63) is 119 Å². The van der Waals surface area contributed by atoms with E-state index in [2.05, 4.69) is 5.32 Å². The Bertz CT molecular complexity index is 1450. The summed E-state index contributed by atoms with van der Waals surface area (Å²) in [6.07, 6.45) is 0.